The number of hydrogen-bond donors (Lipinski definition) is 4. The van der Waals surface area contributed by atoms with Crippen LogP contribution >= 0.6 is 119 Å². The summed E-state index contributed by atoms with van der Waals surface area (Å²) >= 11 is 32.7. The first-order chi connectivity index (χ1) is 15.9. The molecule has 0 aliphatic heterocycles. The van der Waals surface area contributed by atoms with E-state index in [4.69, 9.17) is 23.2 Å². The molecule has 0 atom stereocenters. The molecule has 0 bridgehead atoms. The Morgan fingerprint density at radius 3 is 1.32 bits per heavy atom. The van der Waals surface area contributed by atoms with Gasteiger partial charge in [0, 0.05) is 20.1 Å². The first-order valence-corrected chi connectivity index (χ1v) is 14.5. The number of carbonyl (C=O) groups is 1. The summed E-state index contributed by atoms with van der Waals surface area (Å²) in [6.45, 7) is 0. The van der Waals surface area contributed by atoms with Crippen LogP contribution < -0.4 is 0 Å². The second-order valence-electron chi connectivity index (χ2n) is 6.91. The third-order valence-corrected chi connectivity index (χ3v) is 10.2. The van der Waals surface area contributed by atoms with Crippen molar-refractivity contribution in [1.29, 1.82) is 0 Å². The molecule has 0 fully saturated rings. The van der Waals surface area contributed by atoms with Crippen molar-refractivity contribution in [1.82, 2.24) is 9.97 Å². The number of benzene rings is 2. The third-order valence-electron chi connectivity index (χ3n) is 4.86. The van der Waals surface area contributed by atoms with Crippen LogP contribution in [0.15, 0.2) is 51.4 Å². The Morgan fingerprint density at radius 2 is 1.03 bits per heavy atom. The van der Waals surface area contributed by atoms with Gasteiger partial charge in [0.1, 0.15) is 20.7 Å². The van der Waals surface area contributed by atoms with E-state index in [0.29, 0.717) is 59.7 Å². The Morgan fingerprint density at radius 1 is 0.676 bits per heavy atom. The van der Waals surface area contributed by atoms with Crippen LogP contribution in [0.1, 0.15) is 15.9 Å². The van der Waals surface area contributed by atoms with Crippen molar-refractivity contribution in [2.24, 2.45) is 0 Å². The van der Waals surface area contributed by atoms with E-state index in [1.807, 2.05) is 0 Å². The molecule has 13 heteroatoms. The number of ketones is 1. The monoisotopic (exact) mass is 880 g/mol. The topological polar surface area (TPSA) is 89.1 Å². The van der Waals surface area contributed by atoms with Crippen LogP contribution in [0.2, 0.25) is 10.0 Å². The molecular weight excluding hydrogens is 879 g/mol. The minimum atomic E-state index is -0.596. The molecule has 0 saturated carbocycles. The number of aromatic amines is 2. The fourth-order valence-electron chi connectivity index (χ4n) is 3.29. The predicted molar refractivity (Wildman–Crippen MR) is 155 cm³/mol. The van der Waals surface area contributed by atoms with E-state index in [9.17, 15) is 15.0 Å². The van der Waals surface area contributed by atoms with Gasteiger partial charge in [0.05, 0.1) is 41.5 Å². The van der Waals surface area contributed by atoms with E-state index in [2.05, 4.69) is 106 Å². The smallest absolute Gasteiger partial charge is 0.200 e. The molecule has 2 aromatic heterocycles. The van der Waals surface area contributed by atoms with Crippen molar-refractivity contribution in [3.63, 3.8) is 0 Å². The first kappa shape index (κ1) is 26.8. The second kappa shape index (κ2) is 10.2. The average Bonchev–Trinajstić information content (AvgIpc) is 3.20. The van der Waals surface area contributed by atoms with Gasteiger partial charge in [-0.05, 0) is 88.0 Å². The van der Waals surface area contributed by atoms with Gasteiger partial charge in [0.2, 0.25) is 5.78 Å². The molecule has 0 unspecified atom stereocenters. The number of phenols is 2. The van der Waals surface area contributed by atoms with Crippen molar-refractivity contribution in [3.05, 3.63) is 72.5 Å². The maximum atomic E-state index is 13.6. The fourth-order valence-corrected chi connectivity index (χ4v) is 6.84. The largest absolute Gasteiger partial charge is 0.506 e. The Kier molecular flexibility index (Phi) is 8.07. The molecule has 176 valence electrons. The number of nitrogens with one attached hydrogen (secondary N) is 2. The summed E-state index contributed by atoms with van der Waals surface area (Å²) in [5.74, 6) is -1.17. The number of phenolic OH excluding ortho intramolecular Hbond substituents is 2. The highest BCUT2D eigenvalue weighted by atomic mass is 79.9. The lowest BCUT2D eigenvalue weighted by atomic mass is 9.96. The van der Waals surface area contributed by atoms with E-state index in [1.165, 1.54) is 12.1 Å². The summed E-state index contributed by atoms with van der Waals surface area (Å²) in [4.78, 5) is 19.7. The van der Waals surface area contributed by atoms with Gasteiger partial charge in [-0.15, -0.1) is 0 Å². The maximum Gasteiger partial charge on any atom is 0.200 e. The van der Waals surface area contributed by atoms with Crippen molar-refractivity contribution in [3.8, 4) is 34.0 Å². The molecule has 0 spiro atoms. The molecule has 4 aromatic rings. The van der Waals surface area contributed by atoms with Gasteiger partial charge in [-0.2, -0.15) is 0 Å². The van der Waals surface area contributed by atoms with E-state index in [0.717, 1.165) is 0 Å². The Bertz CT molecular complexity index is 1390. The summed E-state index contributed by atoms with van der Waals surface area (Å²) < 4.78 is 3.13. The van der Waals surface area contributed by atoms with E-state index >= 15 is 0 Å². The molecular formula is C21H8Br6Cl2N2O3. The lowest BCUT2D eigenvalue weighted by molar-refractivity contribution is 0.103. The van der Waals surface area contributed by atoms with Crippen molar-refractivity contribution in [2.45, 2.75) is 0 Å². The number of rotatable bonds is 4. The van der Waals surface area contributed by atoms with E-state index < -0.39 is 5.78 Å². The Balaban J connectivity index is 1.90. The van der Waals surface area contributed by atoms with Crippen LogP contribution in [0.25, 0.3) is 22.5 Å². The number of halogens is 8. The van der Waals surface area contributed by atoms with Crippen LogP contribution in [0.5, 0.6) is 11.5 Å². The van der Waals surface area contributed by atoms with Gasteiger partial charge in [0.25, 0.3) is 0 Å². The highest BCUT2D eigenvalue weighted by molar-refractivity contribution is 9.11. The summed E-state index contributed by atoms with van der Waals surface area (Å²) in [6, 6.07) is 6.25. The van der Waals surface area contributed by atoms with Crippen molar-refractivity contribution < 1.29 is 15.0 Å². The van der Waals surface area contributed by atoms with Crippen molar-refractivity contribution in [2.75, 3.05) is 0 Å². The van der Waals surface area contributed by atoms with Crippen LogP contribution in [-0.2, 0) is 0 Å². The molecule has 5 nitrogen and oxygen atoms in total. The van der Waals surface area contributed by atoms with E-state index in [1.54, 1.807) is 12.1 Å². The number of carbonyl (C=O) groups excluding carboxylic acids is 1. The van der Waals surface area contributed by atoms with Crippen LogP contribution in [0.4, 0.5) is 0 Å². The van der Waals surface area contributed by atoms with Gasteiger partial charge < -0.3 is 20.2 Å². The van der Waals surface area contributed by atoms with Gasteiger partial charge in [-0.25, -0.2) is 0 Å². The zero-order valence-electron chi connectivity index (χ0n) is 16.1. The molecule has 4 rings (SSSR count). The molecule has 0 aliphatic rings. The maximum absolute atomic E-state index is 13.6. The zero-order chi connectivity index (χ0) is 25.1. The molecule has 0 aliphatic carbocycles. The Hall–Kier alpha value is -0.270. The molecule has 0 amide bonds. The highest BCUT2D eigenvalue weighted by Gasteiger charge is 2.26. The zero-order valence-corrected chi connectivity index (χ0v) is 27.2. The standard InChI is InChI=1S/C21H8Br6Cl2N2O3/c22-5-1-7(15-11(24)13(28)20(26)30-15)17(32)9(3-5)19(34)10-4-6(23)2-8(18(10)33)16-12(25)14(29)21(27)31-16/h1-4,30-33H. The van der Waals surface area contributed by atoms with Crippen LogP contribution in [0, 0.1) is 0 Å². The summed E-state index contributed by atoms with van der Waals surface area (Å²) in [7, 11) is 0. The number of hydrogen-bond acceptors (Lipinski definition) is 3. The van der Waals surface area contributed by atoms with Gasteiger partial charge in [-0.1, -0.05) is 55.1 Å². The summed E-state index contributed by atoms with van der Waals surface area (Å²) in [6.07, 6.45) is 0. The molecule has 0 radical (unpaired) electrons. The minimum absolute atomic E-state index is 0.0257. The highest BCUT2D eigenvalue weighted by Crippen LogP contribution is 2.46. The van der Waals surface area contributed by atoms with Crippen LogP contribution in [0.3, 0.4) is 0 Å². The van der Waals surface area contributed by atoms with Crippen molar-refractivity contribution >= 4 is 125 Å². The van der Waals surface area contributed by atoms with E-state index in [-0.39, 0.29) is 22.6 Å². The first-order valence-electron chi connectivity index (χ1n) is 8.97. The van der Waals surface area contributed by atoms with Gasteiger partial charge in [0.15, 0.2) is 0 Å². The predicted octanol–water partition coefficient (Wildman–Crippen LogP) is 10.2. The molecule has 2 aromatic carbocycles. The minimum Gasteiger partial charge on any atom is -0.506 e. The average molecular weight is 887 g/mol. The number of H-pyrrole nitrogens is 2. The molecule has 4 N–H and O–H groups in total. The molecule has 2 heterocycles. The third kappa shape index (κ3) is 4.71. The van der Waals surface area contributed by atoms with Gasteiger partial charge >= 0.3 is 0 Å². The lowest BCUT2D eigenvalue weighted by Crippen LogP contribution is -2.04. The normalized spacial score (nSPS) is 11.3. The molecule has 0 saturated heterocycles. The summed E-state index contributed by atoms with van der Waals surface area (Å²) in [5.41, 5.74) is 1.55. The lowest BCUT2D eigenvalue weighted by Gasteiger charge is -2.13. The SMILES string of the molecule is O=C(c1cc(Br)cc(-c2[nH]c(Br)c(Cl)c2Br)c1O)c1cc(Br)cc(-c2[nH]c(Br)c(Cl)c2Br)c1O. The fraction of sp³-hybridized carbons (Fsp3) is 0. The number of aromatic nitrogens is 2. The molecule has 34 heavy (non-hydrogen) atoms. The number of aromatic hydroxyl groups is 2. The van der Waals surface area contributed by atoms with Gasteiger partial charge in [-0.3, -0.25) is 4.79 Å². The quantitative estimate of drug-likeness (QED) is 0.154. The Labute approximate surface area is 253 Å². The second-order valence-corrected chi connectivity index (χ2v) is 12.7. The summed E-state index contributed by atoms with van der Waals surface area (Å²) in [5, 5.41) is 22.9. The van der Waals surface area contributed by atoms with Crippen LogP contribution in [-0.4, -0.2) is 26.0 Å².